The number of nitrogens with one attached hydrogen (secondary N) is 1. The molecule has 1 aromatic heterocycles. The Balaban J connectivity index is 1.75. The molecule has 0 saturated carbocycles. The summed E-state index contributed by atoms with van der Waals surface area (Å²) in [6, 6.07) is 10.1. The van der Waals surface area contributed by atoms with E-state index in [1.54, 1.807) is 24.4 Å². The number of aryl methyl sites for hydroxylation is 1. The lowest BCUT2D eigenvalue weighted by atomic mass is 9.86. The van der Waals surface area contributed by atoms with Crippen molar-refractivity contribution in [3.63, 3.8) is 0 Å². The van der Waals surface area contributed by atoms with Crippen LogP contribution in [0.4, 0.5) is 4.39 Å². The van der Waals surface area contributed by atoms with Crippen molar-refractivity contribution in [2.45, 2.75) is 44.2 Å². The summed E-state index contributed by atoms with van der Waals surface area (Å²) in [6.45, 7) is 1.83. The first-order chi connectivity index (χ1) is 12.1. The number of hydrogen-bond donors (Lipinski definition) is 1. The minimum atomic E-state index is -0.544. The molecule has 1 aliphatic rings. The highest BCUT2D eigenvalue weighted by Crippen LogP contribution is 2.31. The Kier molecular flexibility index (Phi) is 5.43. The molecule has 0 radical (unpaired) electrons. The van der Waals surface area contributed by atoms with Crippen LogP contribution < -0.4 is 5.32 Å². The van der Waals surface area contributed by atoms with E-state index in [0.717, 1.165) is 30.5 Å². The molecule has 1 aromatic carbocycles. The molecule has 0 spiro atoms. The van der Waals surface area contributed by atoms with Crippen LogP contribution in [0, 0.1) is 5.82 Å². The van der Waals surface area contributed by atoms with Crippen molar-refractivity contribution in [1.29, 1.82) is 0 Å². The fourth-order valence-corrected chi connectivity index (χ4v) is 3.57. The molecular weight excluding hydrogens is 319 g/mol. The van der Waals surface area contributed by atoms with Crippen LogP contribution in [0.5, 0.6) is 0 Å². The Hall–Kier alpha value is -2.27. The maximum Gasteiger partial charge on any atom is 0.229 e. The van der Waals surface area contributed by atoms with Gasteiger partial charge in [-0.3, -0.25) is 9.78 Å². The number of fused-ring (bicyclic) bond motifs is 1. The minimum absolute atomic E-state index is 0.0782. The van der Waals surface area contributed by atoms with Crippen LogP contribution in [0.25, 0.3) is 0 Å². The molecule has 5 heteroatoms. The van der Waals surface area contributed by atoms with Crippen LogP contribution in [-0.4, -0.2) is 24.0 Å². The van der Waals surface area contributed by atoms with Crippen molar-refractivity contribution in [3.05, 3.63) is 65.2 Å². The van der Waals surface area contributed by atoms with E-state index in [1.807, 2.05) is 19.1 Å². The number of methoxy groups -OCH3 is 1. The Morgan fingerprint density at radius 2 is 2.12 bits per heavy atom. The molecule has 25 heavy (non-hydrogen) atoms. The summed E-state index contributed by atoms with van der Waals surface area (Å²) in [4.78, 5) is 17.2. The number of carbonyl (C=O) groups excluding carboxylic acids is 1. The first kappa shape index (κ1) is 17.5. The average Bonchev–Trinajstić information content (AvgIpc) is 2.63. The summed E-state index contributed by atoms with van der Waals surface area (Å²) in [5.74, 6) is -0.670. The van der Waals surface area contributed by atoms with E-state index in [-0.39, 0.29) is 23.7 Å². The molecule has 2 aromatic rings. The fourth-order valence-electron chi connectivity index (χ4n) is 3.57. The Bertz CT molecular complexity index is 750. The van der Waals surface area contributed by atoms with Gasteiger partial charge < -0.3 is 10.1 Å². The fraction of sp³-hybridized carbons (Fsp3) is 0.400. The molecule has 3 rings (SSSR count). The Morgan fingerprint density at radius 3 is 2.88 bits per heavy atom. The number of benzene rings is 1. The number of aromatic nitrogens is 1. The van der Waals surface area contributed by atoms with Gasteiger partial charge in [0.15, 0.2) is 0 Å². The quantitative estimate of drug-likeness (QED) is 0.904. The normalized spacial score (nSPS) is 18.9. The predicted octanol–water partition coefficient (Wildman–Crippen LogP) is 3.53. The van der Waals surface area contributed by atoms with Crippen molar-refractivity contribution >= 4 is 5.91 Å². The molecular formula is C20H23FN2O2. The van der Waals surface area contributed by atoms with E-state index in [9.17, 15) is 9.18 Å². The SMILES string of the molecule is CO[C@H](c1ccccc1F)[C@H](C)NC(=O)[C@H]1CCCc2cccnc21. The summed E-state index contributed by atoms with van der Waals surface area (Å²) in [5, 5.41) is 3.00. The van der Waals surface area contributed by atoms with Crippen molar-refractivity contribution in [1.82, 2.24) is 10.3 Å². The predicted molar refractivity (Wildman–Crippen MR) is 93.7 cm³/mol. The third-order valence-corrected chi connectivity index (χ3v) is 4.80. The summed E-state index contributed by atoms with van der Waals surface area (Å²) >= 11 is 0. The van der Waals surface area contributed by atoms with E-state index in [2.05, 4.69) is 10.3 Å². The van der Waals surface area contributed by atoms with Crippen LogP contribution in [0.2, 0.25) is 0 Å². The standard InChI is InChI=1S/C20H23FN2O2/c1-13(19(25-2)15-9-3-4-11-17(15)21)23-20(24)16-10-5-7-14-8-6-12-22-18(14)16/h3-4,6,8-9,11-13,16,19H,5,7,10H2,1-2H3,(H,23,24)/t13-,16-,19-/m0/s1. The van der Waals surface area contributed by atoms with Gasteiger partial charge in [0, 0.05) is 18.9 Å². The maximum absolute atomic E-state index is 14.1. The minimum Gasteiger partial charge on any atom is -0.375 e. The van der Waals surface area contributed by atoms with Crippen molar-refractivity contribution in [3.8, 4) is 0 Å². The molecule has 132 valence electrons. The van der Waals surface area contributed by atoms with E-state index >= 15 is 0 Å². The highest BCUT2D eigenvalue weighted by molar-refractivity contribution is 5.84. The van der Waals surface area contributed by atoms with E-state index < -0.39 is 6.10 Å². The highest BCUT2D eigenvalue weighted by atomic mass is 19.1. The lowest BCUT2D eigenvalue weighted by Gasteiger charge is -2.28. The largest absolute Gasteiger partial charge is 0.375 e. The molecule has 1 amide bonds. The number of pyridine rings is 1. The second kappa shape index (κ2) is 7.74. The molecule has 1 aliphatic carbocycles. The Labute approximate surface area is 147 Å². The topological polar surface area (TPSA) is 51.2 Å². The van der Waals surface area contributed by atoms with Crippen LogP contribution in [0.3, 0.4) is 0 Å². The van der Waals surface area contributed by atoms with Gasteiger partial charge in [-0.1, -0.05) is 24.3 Å². The molecule has 0 unspecified atom stereocenters. The third kappa shape index (κ3) is 3.71. The summed E-state index contributed by atoms with van der Waals surface area (Å²) in [6.07, 6.45) is 3.88. The first-order valence-corrected chi connectivity index (χ1v) is 8.63. The van der Waals surface area contributed by atoms with Gasteiger partial charge in [-0.15, -0.1) is 0 Å². The van der Waals surface area contributed by atoms with Gasteiger partial charge in [0.25, 0.3) is 0 Å². The lowest BCUT2D eigenvalue weighted by molar-refractivity contribution is -0.124. The molecule has 1 N–H and O–H groups in total. The van der Waals surface area contributed by atoms with Gasteiger partial charge in [-0.2, -0.15) is 0 Å². The van der Waals surface area contributed by atoms with Gasteiger partial charge in [0.05, 0.1) is 17.7 Å². The second-order valence-electron chi connectivity index (χ2n) is 6.47. The van der Waals surface area contributed by atoms with Crippen LogP contribution in [-0.2, 0) is 16.0 Å². The number of ether oxygens (including phenoxy) is 1. The Morgan fingerprint density at radius 1 is 1.32 bits per heavy atom. The third-order valence-electron chi connectivity index (χ3n) is 4.80. The molecule has 0 saturated heterocycles. The van der Waals surface area contributed by atoms with E-state index in [1.165, 1.54) is 13.2 Å². The molecule has 0 bridgehead atoms. The maximum atomic E-state index is 14.1. The van der Waals surface area contributed by atoms with Crippen LogP contribution >= 0.6 is 0 Å². The lowest BCUT2D eigenvalue weighted by Crippen LogP contribution is -2.41. The van der Waals surface area contributed by atoms with Crippen molar-refractivity contribution in [2.75, 3.05) is 7.11 Å². The van der Waals surface area contributed by atoms with Gasteiger partial charge >= 0.3 is 0 Å². The second-order valence-corrected chi connectivity index (χ2v) is 6.47. The highest BCUT2D eigenvalue weighted by Gasteiger charge is 2.30. The molecule has 0 fully saturated rings. The summed E-state index contributed by atoms with van der Waals surface area (Å²) in [5.41, 5.74) is 2.44. The number of amides is 1. The monoisotopic (exact) mass is 342 g/mol. The number of nitrogens with zero attached hydrogens (tertiary/aromatic N) is 1. The van der Waals surface area contributed by atoms with Crippen LogP contribution in [0.15, 0.2) is 42.6 Å². The van der Waals surface area contributed by atoms with E-state index in [4.69, 9.17) is 4.74 Å². The van der Waals surface area contributed by atoms with Gasteiger partial charge in [0.2, 0.25) is 5.91 Å². The zero-order valence-electron chi connectivity index (χ0n) is 14.5. The average molecular weight is 342 g/mol. The number of carbonyl (C=O) groups is 1. The van der Waals surface area contributed by atoms with Gasteiger partial charge in [-0.05, 0) is 43.9 Å². The molecule has 4 nitrogen and oxygen atoms in total. The number of hydrogen-bond acceptors (Lipinski definition) is 3. The summed E-state index contributed by atoms with van der Waals surface area (Å²) in [7, 11) is 1.53. The van der Waals surface area contributed by atoms with Gasteiger partial charge in [0.1, 0.15) is 11.9 Å². The van der Waals surface area contributed by atoms with Crippen LogP contribution in [0.1, 0.15) is 48.6 Å². The molecule has 1 heterocycles. The summed E-state index contributed by atoms with van der Waals surface area (Å²) < 4.78 is 19.5. The number of halogens is 1. The molecule has 0 aliphatic heterocycles. The zero-order valence-corrected chi connectivity index (χ0v) is 14.5. The van der Waals surface area contributed by atoms with Crippen molar-refractivity contribution < 1.29 is 13.9 Å². The number of rotatable bonds is 5. The smallest absolute Gasteiger partial charge is 0.229 e. The van der Waals surface area contributed by atoms with E-state index in [0.29, 0.717) is 5.56 Å². The zero-order chi connectivity index (χ0) is 17.8. The first-order valence-electron chi connectivity index (χ1n) is 8.63. The van der Waals surface area contributed by atoms with Crippen molar-refractivity contribution in [2.24, 2.45) is 0 Å². The molecule has 3 atom stereocenters. The van der Waals surface area contributed by atoms with Gasteiger partial charge in [-0.25, -0.2) is 4.39 Å².